The molecule has 1 aliphatic rings. The molecule has 0 aromatic carbocycles. The van der Waals surface area contributed by atoms with E-state index in [0.29, 0.717) is 30.2 Å². The van der Waals surface area contributed by atoms with Crippen LogP contribution < -0.4 is 10.1 Å². The molecule has 1 atom stereocenters. The predicted molar refractivity (Wildman–Crippen MR) is 102 cm³/mol. The molecule has 8 heteroatoms. The number of aromatic nitrogens is 3. The van der Waals surface area contributed by atoms with Crippen molar-refractivity contribution < 1.29 is 14.3 Å². The molecule has 0 aliphatic carbocycles. The van der Waals surface area contributed by atoms with Gasteiger partial charge in [-0.25, -0.2) is 4.98 Å². The fourth-order valence-electron chi connectivity index (χ4n) is 3.36. The second kappa shape index (κ2) is 7.67. The second-order valence-corrected chi connectivity index (χ2v) is 6.70. The number of carbonyl (C=O) groups excluding carboxylic acids is 2. The first-order valence-corrected chi connectivity index (χ1v) is 9.21. The third kappa shape index (κ3) is 3.66. The van der Waals surface area contributed by atoms with E-state index in [2.05, 4.69) is 15.3 Å². The van der Waals surface area contributed by atoms with Crippen LogP contribution in [-0.4, -0.2) is 57.3 Å². The van der Waals surface area contributed by atoms with Crippen LogP contribution >= 0.6 is 0 Å². The predicted octanol–water partition coefficient (Wildman–Crippen LogP) is 1.77. The lowest BCUT2D eigenvalue weighted by Crippen LogP contribution is -2.44. The van der Waals surface area contributed by atoms with Gasteiger partial charge in [-0.15, -0.1) is 0 Å². The lowest BCUT2D eigenvalue weighted by Gasteiger charge is -2.32. The van der Waals surface area contributed by atoms with Gasteiger partial charge in [-0.2, -0.15) is 0 Å². The quantitative estimate of drug-likeness (QED) is 0.746. The highest BCUT2D eigenvalue weighted by molar-refractivity contribution is 5.93. The minimum atomic E-state index is -0.266. The van der Waals surface area contributed by atoms with Crippen LogP contribution in [0.5, 0.6) is 5.75 Å². The average molecular weight is 379 g/mol. The third-order valence-electron chi connectivity index (χ3n) is 4.80. The number of hydrogen-bond acceptors (Lipinski definition) is 5. The highest BCUT2D eigenvalue weighted by Gasteiger charge is 2.26. The summed E-state index contributed by atoms with van der Waals surface area (Å²) in [5, 5.41) is 2.54. The number of pyridine rings is 1. The van der Waals surface area contributed by atoms with Crippen molar-refractivity contribution in [2.75, 3.05) is 20.1 Å². The van der Waals surface area contributed by atoms with E-state index in [9.17, 15) is 9.59 Å². The number of ether oxygens (including phenoxy) is 1. The van der Waals surface area contributed by atoms with Crippen molar-refractivity contribution in [3.8, 4) is 5.75 Å². The number of nitrogens with zero attached hydrogens (tertiary/aromatic N) is 4. The third-order valence-corrected chi connectivity index (χ3v) is 4.80. The Morgan fingerprint density at radius 3 is 2.96 bits per heavy atom. The van der Waals surface area contributed by atoms with Crippen LogP contribution in [0.15, 0.2) is 49.1 Å². The number of fused-ring (bicyclic) bond motifs is 1. The highest BCUT2D eigenvalue weighted by atomic mass is 16.5. The van der Waals surface area contributed by atoms with Crippen LogP contribution in [0.1, 0.15) is 33.8 Å². The first-order valence-electron chi connectivity index (χ1n) is 9.21. The molecule has 0 bridgehead atoms. The Balaban J connectivity index is 1.45. The van der Waals surface area contributed by atoms with Crippen molar-refractivity contribution in [3.63, 3.8) is 0 Å². The zero-order chi connectivity index (χ0) is 19.5. The topological polar surface area (TPSA) is 88.8 Å². The van der Waals surface area contributed by atoms with Crippen LogP contribution in [0.2, 0.25) is 0 Å². The Morgan fingerprint density at radius 1 is 1.21 bits per heavy atom. The molecular formula is C20H21N5O3. The number of piperidine rings is 1. The van der Waals surface area contributed by atoms with Crippen molar-refractivity contribution in [2.45, 2.75) is 18.9 Å². The van der Waals surface area contributed by atoms with Crippen LogP contribution in [-0.2, 0) is 0 Å². The van der Waals surface area contributed by atoms with Crippen molar-refractivity contribution in [2.24, 2.45) is 0 Å². The molecule has 1 fully saturated rings. The smallest absolute Gasteiger partial charge is 0.272 e. The van der Waals surface area contributed by atoms with Crippen LogP contribution in [0.3, 0.4) is 0 Å². The molecular weight excluding hydrogens is 358 g/mol. The number of amides is 2. The number of carbonyl (C=O) groups is 2. The molecule has 0 saturated carbocycles. The Kier molecular flexibility index (Phi) is 4.92. The summed E-state index contributed by atoms with van der Waals surface area (Å²) in [5.41, 5.74) is 1.66. The molecule has 8 nitrogen and oxygen atoms in total. The summed E-state index contributed by atoms with van der Waals surface area (Å²) < 4.78 is 7.89. The van der Waals surface area contributed by atoms with Gasteiger partial charge in [0.05, 0.1) is 12.9 Å². The summed E-state index contributed by atoms with van der Waals surface area (Å²) in [6.07, 6.45) is 6.63. The van der Waals surface area contributed by atoms with Crippen molar-refractivity contribution in [1.29, 1.82) is 0 Å². The Bertz CT molecular complexity index is 1020. The first kappa shape index (κ1) is 18.0. The first-order chi connectivity index (χ1) is 13.6. The molecule has 144 valence electrons. The summed E-state index contributed by atoms with van der Waals surface area (Å²) in [6, 6.07) is 8.98. The van der Waals surface area contributed by atoms with Crippen LogP contribution in [0.25, 0.3) is 5.52 Å². The Morgan fingerprint density at radius 2 is 2.11 bits per heavy atom. The van der Waals surface area contributed by atoms with E-state index in [1.54, 1.807) is 42.7 Å². The van der Waals surface area contributed by atoms with Gasteiger partial charge in [-0.1, -0.05) is 0 Å². The molecule has 0 spiro atoms. The molecule has 1 N–H and O–H groups in total. The molecule has 4 rings (SSSR count). The maximum absolute atomic E-state index is 12.9. The maximum atomic E-state index is 12.9. The van der Waals surface area contributed by atoms with Crippen LogP contribution in [0.4, 0.5) is 0 Å². The second-order valence-electron chi connectivity index (χ2n) is 6.70. The molecule has 1 aliphatic heterocycles. The van der Waals surface area contributed by atoms with E-state index in [1.807, 2.05) is 22.7 Å². The number of nitrogens with one attached hydrogen (secondary N) is 1. The largest absolute Gasteiger partial charge is 0.488 e. The van der Waals surface area contributed by atoms with Gasteiger partial charge in [0.2, 0.25) is 0 Å². The summed E-state index contributed by atoms with van der Waals surface area (Å²) in [4.78, 5) is 34.7. The van der Waals surface area contributed by atoms with Gasteiger partial charge >= 0.3 is 0 Å². The summed E-state index contributed by atoms with van der Waals surface area (Å²) in [7, 11) is 1.56. The average Bonchev–Trinajstić information content (AvgIpc) is 3.21. The number of hydrogen-bond donors (Lipinski definition) is 1. The molecule has 3 aromatic heterocycles. The van der Waals surface area contributed by atoms with E-state index in [4.69, 9.17) is 4.74 Å². The lowest BCUT2D eigenvalue weighted by atomic mass is 10.1. The van der Waals surface area contributed by atoms with Gasteiger partial charge < -0.3 is 19.4 Å². The van der Waals surface area contributed by atoms with E-state index in [-0.39, 0.29) is 17.9 Å². The Labute approximate surface area is 162 Å². The zero-order valence-electron chi connectivity index (χ0n) is 15.5. The van der Waals surface area contributed by atoms with Crippen molar-refractivity contribution in [1.82, 2.24) is 24.6 Å². The summed E-state index contributed by atoms with van der Waals surface area (Å²) >= 11 is 0. The van der Waals surface area contributed by atoms with Gasteiger partial charge in [-0.3, -0.25) is 14.6 Å². The van der Waals surface area contributed by atoms with E-state index >= 15 is 0 Å². The highest BCUT2D eigenvalue weighted by Crippen LogP contribution is 2.20. The minimum absolute atomic E-state index is 0.0993. The lowest BCUT2D eigenvalue weighted by molar-refractivity contribution is 0.0532. The van der Waals surface area contributed by atoms with Crippen molar-refractivity contribution >= 4 is 17.3 Å². The molecule has 4 heterocycles. The Hall–Kier alpha value is -3.42. The van der Waals surface area contributed by atoms with Gasteiger partial charge in [0.25, 0.3) is 11.8 Å². The van der Waals surface area contributed by atoms with Gasteiger partial charge in [0, 0.05) is 37.6 Å². The summed E-state index contributed by atoms with van der Waals surface area (Å²) in [6.45, 7) is 1.15. The number of likely N-dealkylation sites (tertiary alicyclic amines) is 1. The van der Waals surface area contributed by atoms with Gasteiger partial charge in [0.1, 0.15) is 23.2 Å². The van der Waals surface area contributed by atoms with E-state index < -0.39 is 0 Å². The fourth-order valence-corrected chi connectivity index (χ4v) is 3.36. The van der Waals surface area contributed by atoms with Gasteiger partial charge in [-0.05, 0) is 37.1 Å². The zero-order valence-corrected chi connectivity index (χ0v) is 15.5. The molecule has 1 saturated heterocycles. The molecule has 1 unspecified atom stereocenters. The molecule has 3 aromatic rings. The van der Waals surface area contributed by atoms with Crippen molar-refractivity contribution in [3.05, 3.63) is 60.4 Å². The SMILES string of the molecule is CNC(=O)c1cc(OC2CCCN(C(=O)c3cc4cccn4cn3)C2)ccn1. The monoisotopic (exact) mass is 379 g/mol. The maximum Gasteiger partial charge on any atom is 0.272 e. The standard InChI is InChI=1S/C20H21N5O3/c1-21-19(26)17-11-15(6-7-22-17)28-16-5-3-8-24(12-16)20(27)18-10-14-4-2-9-25(14)13-23-18/h2,4,6-7,9-11,13,16H,3,5,8,12H2,1H3,(H,21,26). The molecule has 28 heavy (non-hydrogen) atoms. The summed E-state index contributed by atoms with van der Waals surface area (Å²) in [5.74, 6) is 0.205. The normalized spacial score (nSPS) is 16.8. The molecule has 0 radical (unpaired) electrons. The minimum Gasteiger partial charge on any atom is -0.488 e. The van der Waals surface area contributed by atoms with Gasteiger partial charge in [0.15, 0.2) is 0 Å². The van der Waals surface area contributed by atoms with Crippen LogP contribution in [0, 0.1) is 0 Å². The number of rotatable bonds is 4. The fraction of sp³-hybridized carbons (Fsp3) is 0.300. The van der Waals surface area contributed by atoms with E-state index in [1.165, 1.54) is 0 Å². The molecule has 2 amide bonds. The van der Waals surface area contributed by atoms with E-state index in [0.717, 1.165) is 18.4 Å².